The lowest BCUT2D eigenvalue weighted by Crippen LogP contribution is -2.65. The van der Waals surface area contributed by atoms with Gasteiger partial charge in [-0.1, -0.05) is 128 Å². The van der Waals surface area contributed by atoms with Gasteiger partial charge in [-0.25, -0.2) is 9.59 Å². The van der Waals surface area contributed by atoms with Gasteiger partial charge in [0.25, 0.3) is 0 Å². The molecule has 7 aliphatic carbocycles. The van der Waals surface area contributed by atoms with Gasteiger partial charge in [0.2, 0.25) is 0 Å². The van der Waals surface area contributed by atoms with Crippen molar-refractivity contribution in [3.8, 4) is 5.75 Å². The highest BCUT2D eigenvalue weighted by Gasteiger charge is 2.70. The molecule has 12 heteroatoms. The van der Waals surface area contributed by atoms with Gasteiger partial charge in [-0.05, 0) is 211 Å². The average Bonchev–Trinajstić information content (AvgIpc) is 1.68. The number of fused-ring (bicyclic) bond motifs is 13. The van der Waals surface area contributed by atoms with Crippen LogP contribution in [0, 0.1) is 35.0 Å². The largest absolute Gasteiger partial charge is 0.482 e. The summed E-state index contributed by atoms with van der Waals surface area (Å²) in [5.74, 6) is -1.04. The molecule has 2 spiro atoms. The first-order valence-electron chi connectivity index (χ1n) is 33.9. The molecule has 470 valence electrons. The number of aliphatic hydroxyl groups is 4. The van der Waals surface area contributed by atoms with Crippen LogP contribution in [-0.4, -0.2) is 70.7 Å². The van der Waals surface area contributed by atoms with E-state index >= 15 is 9.59 Å². The molecular formula is C79H82O12. The Hall–Kier alpha value is -7.19. The quantitative estimate of drug-likeness (QED) is 0.0354. The summed E-state index contributed by atoms with van der Waals surface area (Å²) in [5.41, 5.74) is 11.8. The number of carbonyl (C=O) groups excluding carboxylic acids is 2. The number of hydrogen-bond donors (Lipinski definition) is 4. The molecule has 14 unspecified atom stereocenters. The Balaban J connectivity index is 0.901. The summed E-state index contributed by atoms with van der Waals surface area (Å²) in [6, 6.07) is 35.3. The molecule has 4 heterocycles. The van der Waals surface area contributed by atoms with E-state index in [9.17, 15) is 25.2 Å². The molecule has 0 radical (unpaired) electrons. The Bertz CT molecular complexity index is 4110. The molecule has 16 rings (SSSR count). The van der Waals surface area contributed by atoms with Crippen LogP contribution in [0.5, 0.6) is 5.75 Å². The number of hydrogen-bond acceptors (Lipinski definition) is 12. The van der Waals surface area contributed by atoms with E-state index in [4.69, 9.17) is 23.4 Å². The second kappa shape index (κ2) is 23.1. The Morgan fingerprint density at radius 1 is 0.747 bits per heavy atom. The Morgan fingerprint density at radius 3 is 2.44 bits per heavy atom. The van der Waals surface area contributed by atoms with Crippen LogP contribution in [0.1, 0.15) is 192 Å². The molecular weight excluding hydrogens is 1140 g/mol. The number of benzene rings is 5. The maximum Gasteiger partial charge on any atom is 0.340 e. The fraction of sp³-hybridized carbons (Fsp3) is 0.456. The van der Waals surface area contributed by atoms with Crippen molar-refractivity contribution < 1.29 is 53.4 Å². The second-order valence-electron chi connectivity index (χ2n) is 28.4. The molecule has 6 aromatic rings. The highest BCUT2D eigenvalue weighted by atomic mass is 16.6. The molecule has 0 saturated heterocycles. The normalized spacial score (nSPS) is 32.3. The van der Waals surface area contributed by atoms with E-state index in [0.717, 1.165) is 56.1 Å². The molecule has 4 N–H and O–H groups in total. The first-order chi connectivity index (χ1) is 44.5. The van der Waals surface area contributed by atoms with Crippen molar-refractivity contribution in [2.75, 3.05) is 26.6 Å². The van der Waals surface area contributed by atoms with Crippen LogP contribution < -0.4 is 10.4 Å². The lowest BCUT2D eigenvalue weighted by atomic mass is 9.48. The number of ether oxygens (including phenoxy) is 4. The predicted octanol–water partition coefficient (Wildman–Crippen LogP) is 13.4. The van der Waals surface area contributed by atoms with E-state index in [-0.39, 0.29) is 102 Å². The van der Waals surface area contributed by atoms with Gasteiger partial charge in [0.05, 0.1) is 25.4 Å². The zero-order valence-electron chi connectivity index (χ0n) is 52.0. The highest BCUT2D eigenvalue weighted by molar-refractivity contribution is 5.91. The van der Waals surface area contributed by atoms with Gasteiger partial charge >= 0.3 is 17.6 Å². The standard InChI is InChI=1S/C79H82O12/c1-45(41-81)56-25-20-46-17-18-50-37-49(46)31-35-77-33-8-34-78(68(77)40-62-58-13-4-2-9-47(58)22-29-65(62)77)74(90-75(56)85)73(71-67(91-78)30-28-61-63(42-82)70(76(86)89-72(61)71)52(32-36-80)43-87-44-83)88-69(84)39-53-38-51(21-26-57(50)53)59-14-7-16-66-60(59)27-24-55-12-6-11-54-23-19-48-10-3-5-15-64(48)79(54,55)66/h2-5,7,9-10,13-19,21-23,26,28-30,37,51-55,57,62,65,68,73-74,80-83H,6,8,11-12,20,24-25,27,31-36,38-44H2,1H3. The van der Waals surface area contributed by atoms with Gasteiger partial charge in [-0.15, -0.1) is 0 Å². The van der Waals surface area contributed by atoms with Crippen molar-refractivity contribution in [2.24, 2.45) is 35.0 Å². The van der Waals surface area contributed by atoms with Crippen LogP contribution in [0.15, 0.2) is 142 Å². The molecule has 0 amide bonds. The zero-order chi connectivity index (χ0) is 61.9. The average molecular weight is 1220 g/mol. The molecule has 3 aliphatic heterocycles. The van der Waals surface area contributed by atoms with E-state index in [1.807, 2.05) is 6.07 Å². The van der Waals surface area contributed by atoms with Crippen molar-refractivity contribution in [2.45, 2.75) is 163 Å². The molecule has 3 fully saturated rings. The summed E-state index contributed by atoms with van der Waals surface area (Å²) < 4.78 is 34.4. The van der Waals surface area contributed by atoms with E-state index in [1.54, 1.807) is 13.0 Å². The maximum atomic E-state index is 16.2. The fourth-order valence-corrected chi connectivity index (χ4v) is 20.9. The second-order valence-corrected chi connectivity index (χ2v) is 28.4. The zero-order valence-corrected chi connectivity index (χ0v) is 52.0. The molecule has 5 aromatic carbocycles. The van der Waals surface area contributed by atoms with E-state index < -0.39 is 60.1 Å². The SMILES string of the molecule is CC(CO)=C1CCc2ccc3cc2CCC24CCCC5(Oc6ccc7c(CO)c(C(CCO)COCO)c(=O)oc7c6C(OC(=O)CC6CC(c7cccc8c7CCC7CCCC9C=Cc%10ccccc%10C897)C=CC36)C5OC1=O)C2CC1c2ccccc2C=CC14. The Kier molecular flexibility index (Phi) is 15.0. The summed E-state index contributed by atoms with van der Waals surface area (Å²) in [5, 5.41) is 42.8. The number of aliphatic hydroxyl groups excluding tert-OH is 4. The van der Waals surface area contributed by atoms with Crippen LogP contribution in [0.3, 0.4) is 0 Å². The van der Waals surface area contributed by atoms with Crippen molar-refractivity contribution in [1.29, 1.82) is 0 Å². The molecule has 12 nitrogen and oxygen atoms in total. The Morgan fingerprint density at radius 2 is 1.58 bits per heavy atom. The third kappa shape index (κ3) is 9.10. The first kappa shape index (κ1) is 58.9. The van der Waals surface area contributed by atoms with Crippen LogP contribution in [0.2, 0.25) is 0 Å². The van der Waals surface area contributed by atoms with E-state index in [1.165, 1.54) is 57.3 Å². The summed E-state index contributed by atoms with van der Waals surface area (Å²) in [7, 11) is 0. The van der Waals surface area contributed by atoms with Gasteiger partial charge in [0, 0.05) is 58.6 Å². The molecule has 6 bridgehead atoms. The molecule has 1 aromatic heterocycles. The monoisotopic (exact) mass is 1220 g/mol. The minimum atomic E-state index is -1.38. The first-order valence-corrected chi connectivity index (χ1v) is 33.9. The van der Waals surface area contributed by atoms with Crippen molar-refractivity contribution in [3.05, 3.63) is 215 Å². The molecule has 91 heavy (non-hydrogen) atoms. The molecule has 14 atom stereocenters. The lowest BCUT2D eigenvalue weighted by molar-refractivity contribution is -0.221. The third-order valence-electron chi connectivity index (χ3n) is 24.6. The molecule has 10 aliphatic rings. The van der Waals surface area contributed by atoms with Crippen molar-refractivity contribution >= 4 is 35.1 Å². The summed E-state index contributed by atoms with van der Waals surface area (Å²) in [6.45, 7) is -0.263. The summed E-state index contributed by atoms with van der Waals surface area (Å²) in [6.07, 6.45) is 23.4. The Labute approximate surface area is 531 Å². The highest BCUT2D eigenvalue weighted by Crippen LogP contribution is 2.71. The van der Waals surface area contributed by atoms with E-state index in [0.29, 0.717) is 59.8 Å². The van der Waals surface area contributed by atoms with Gasteiger partial charge in [-0.3, -0.25) is 4.79 Å². The minimum Gasteiger partial charge on any atom is -0.482 e. The minimum absolute atomic E-state index is 0.00152. The number of aryl methyl sites for hydroxylation is 2. The molecule has 3 saturated carbocycles. The van der Waals surface area contributed by atoms with Crippen LogP contribution in [-0.2, 0) is 55.1 Å². The van der Waals surface area contributed by atoms with Gasteiger partial charge in [0.15, 0.2) is 17.8 Å². The van der Waals surface area contributed by atoms with Gasteiger partial charge in [-0.2, -0.15) is 0 Å². The maximum absolute atomic E-state index is 16.2. The third-order valence-corrected chi connectivity index (χ3v) is 24.6. The number of allylic oxidation sites excluding steroid dienone is 4. The van der Waals surface area contributed by atoms with Gasteiger partial charge in [0.1, 0.15) is 18.1 Å². The lowest BCUT2D eigenvalue weighted by Gasteiger charge is -2.58. The fourth-order valence-electron chi connectivity index (χ4n) is 20.9. The number of carbonyl (C=O) groups is 2. The smallest absolute Gasteiger partial charge is 0.340 e. The van der Waals surface area contributed by atoms with Crippen molar-refractivity contribution in [1.82, 2.24) is 0 Å². The van der Waals surface area contributed by atoms with E-state index in [2.05, 4.69) is 121 Å². The summed E-state index contributed by atoms with van der Waals surface area (Å²) in [4.78, 5) is 46.9. The number of rotatable bonds is 9. The van der Waals surface area contributed by atoms with Crippen molar-refractivity contribution in [3.63, 3.8) is 0 Å². The van der Waals surface area contributed by atoms with Crippen LogP contribution in [0.25, 0.3) is 23.1 Å². The van der Waals surface area contributed by atoms with Gasteiger partial charge < -0.3 is 43.8 Å². The summed E-state index contributed by atoms with van der Waals surface area (Å²) >= 11 is 0. The topological polar surface area (TPSA) is 182 Å². The number of esters is 2. The van der Waals surface area contributed by atoms with Crippen LogP contribution in [0.4, 0.5) is 0 Å². The predicted molar refractivity (Wildman–Crippen MR) is 346 cm³/mol. The van der Waals surface area contributed by atoms with Crippen LogP contribution >= 0.6 is 0 Å².